The lowest BCUT2D eigenvalue weighted by molar-refractivity contribution is -0.137. The van der Waals surface area contributed by atoms with Gasteiger partial charge in [0.1, 0.15) is 22.7 Å². The molecule has 0 aromatic carbocycles. The van der Waals surface area contributed by atoms with Crippen LogP contribution in [0.15, 0.2) is 36.8 Å². The summed E-state index contributed by atoms with van der Waals surface area (Å²) in [4.78, 5) is 9.68. The largest absolute Gasteiger partial charge is 0.487 e. The Kier molecular flexibility index (Phi) is 4.30. The number of rotatable bonds is 3. The molecule has 0 aliphatic carbocycles. The molecule has 0 amide bonds. The molecule has 0 saturated carbocycles. The van der Waals surface area contributed by atoms with Gasteiger partial charge < -0.3 is 9.64 Å². The lowest BCUT2D eigenvalue weighted by Gasteiger charge is -2.18. The second kappa shape index (κ2) is 6.23. The van der Waals surface area contributed by atoms with Gasteiger partial charge in [-0.15, -0.1) is 0 Å². The highest BCUT2D eigenvalue weighted by Gasteiger charge is 2.31. The van der Waals surface area contributed by atoms with Crippen molar-refractivity contribution in [3.05, 3.63) is 47.4 Å². The SMILES string of the molecule is FC(F)(F)c1ccc(N2CCC(Oc3ccncc3Cl)C2)nc1. The van der Waals surface area contributed by atoms with Crippen LogP contribution in [0.25, 0.3) is 0 Å². The van der Waals surface area contributed by atoms with E-state index in [0.29, 0.717) is 29.7 Å². The zero-order chi connectivity index (χ0) is 16.4. The smallest absolute Gasteiger partial charge is 0.417 e. The Balaban J connectivity index is 1.65. The van der Waals surface area contributed by atoms with Crippen LogP contribution in [0.1, 0.15) is 12.0 Å². The number of halogens is 4. The average molecular weight is 344 g/mol. The van der Waals surface area contributed by atoms with Crippen molar-refractivity contribution >= 4 is 17.4 Å². The number of nitrogens with zero attached hydrogens (tertiary/aromatic N) is 3. The van der Waals surface area contributed by atoms with Gasteiger partial charge >= 0.3 is 6.18 Å². The highest BCUT2D eigenvalue weighted by molar-refractivity contribution is 6.31. The number of ether oxygens (including phenoxy) is 1. The van der Waals surface area contributed by atoms with Crippen molar-refractivity contribution in [2.75, 3.05) is 18.0 Å². The van der Waals surface area contributed by atoms with E-state index in [-0.39, 0.29) is 6.10 Å². The van der Waals surface area contributed by atoms with Crippen molar-refractivity contribution in [2.45, 2.75) is 18.7 Å². The van der Waals surface area contributed by atoms with Crippen molar-refractivity contribution in [3.8, 4) is 5.75 Å². The van der Waals surface area contributed by atoms with Crippen LogP contribution in [-0.4, -0.2) is 29.2 Å². The van der Waals surface area contributed by atoms with E-state index in [2.05, 4.69) is 9.97 Å². The lowest BCUT2D eigenvalue weighted by Crippen LogP contribution is -2.25. The minimum atomic E-state index is -4.37. The number of alkyl halides is 3. The van der Waals surface area contributed by atoms with Crippen molar-refractivity contribution in [3.63, 3.8) is 0 Å². The van der Waals surface area contributed by atoms with E-state index < -0.39 is 11.7 Å². The molecule has 1 atom stereocenters. The van der Waals surface area contributed by atoms with E-state index in [1.54, 1.807) is 12.3 Å². The molecule has 4 nitrogen and oxygen atoms in total. The third-order valence-corrected chi connectivity index (χ3v) is 3.86. The number of hydrogen-bond donors (Lipinski definition) is 0. The molecule has 0 spiro atoms. The Bertz CT molecular complexity index is 678. The molecule has 1 fully saturated rings. The molecule has 1 aliphatic rings. The first-order valence-electron chi connectivity index (χ1n) is 6.98. The van der Waals surface area contributed by atoms with Crippen LogP contribution in [0.4, 0.5) is 19.0 Å². The fourth-order valence-corrected chi connectivity index (χ4v) is 2.57. The molecular weight excluding hydrogens is 331 g/mol. The molecule has 23 heavy (non-hydrogen) atoms. The van der Waals surface area contributed by atoms with E-state index in [4.69, 9.17) is 16.3 Å². The maximum atomic E-state index is 12.5. The molecule has 0 bridgehead atoms. The van der Waals surface area contributed by atoms with E-state index in [1.165, 1.54) is 12.3 Å². The summed E-state index contributed by atoms with van der Waals surface area (Å²) in [5.41, 5.74) is -0.753. The standard InChI is InChI=1S/C15H13ClF3N3O/c16-12-8-20-5-3-13(12)23-11-4-6-22(9-11)14-2-1-10(7-21-14)15(17,18)19/h1-3,5,7-8,11H,4,6,9H2. The third-order valence-electron chi connectivity index (χ3n) is 3.57. The molecule has 2 aromatic rings. The highest BCUT2D eigenvalue weighted by atomic mass is 35.5. The number of anilines is 1. The topological polar surface area (TPSA) is 38.2 Å². The van der Waals surface area contributed by atoms with Gasteiger partial charge in [-0.05, 0) is 12.1 Å². The van der Waals surface area contributed by atoms with Crippen LogP contribution in [0.5, 0.6) is 5.75 Å². The summed E-state index contributed by atoms with van der Waals surface area (Å²) in [5.74, 6) is 1.05. The summed E-state index contributed by atoms with van der Waals surface area (Å²) in [7, 11) is 0. The molecule has 1 aliphatic heterocycles. The van der Waals surface area contributed by atoms with Gasteiger partial charge in [-0.25, -0.2) is 4.98 Å². The summed E-state index contributed by atoms with van der Waals surface area (Å²) >= 11 is 6.00. The van der Waals surface area contributed by atoms with Crippen LogP contribution in [0.2, 0.25) is 5.02 Å². The Labute approximate surface area is 135 Å². The molecule has 0 N–H and O–H groups in total. The zero-order valence-electron chi connectivity index (χ0n) is 11.9. The maximum absolute atomic E-state index is 12.5. The highest BCUT2D eigenvalue weighted by Crippen LogP contribution is 2.30. The van der Waals surface area contributed by atoms with Gasteiger partial charge in [0.2, 0.25) is 0 Å². The minimum absolute atomic E-state index is 0.0982. The van der Waals surface area contributed by atoms with Gasteiger partial charge in [-0.3, -0.25) is 4.98 Å². The van der Waals surface area contributed by atoms with Crippen LogP contribution >= 0.6 is 11.6 Å². The second-order valence-electron chi connectivity index (χ2n) is 5.18. The van der Waals surface area contributed by atoms with Crippen molar-refractivity contribution in [1.82, 2.24) is 9.97 Å². The predicted molar refractivity (Wildman–Crippen MR) is 79.7 cm³/mol. The maximum Gasteiger partial charge on any atom is 0.417 e. The van der Waals surface area contributed by atoms with E-state index in [0.717, 1.165) is 18.7 Å². The van der Waals surface area contributed by atoms with Crippen LogP contribution in [0, 0.1) is 0 Å². The first-order chi connectivity index (χ1) is 10.9. The summed E-state index contributed by atoms with van der Waals surface area (Å²) in [5, 5.41) is 0.429. The molecule has 3 heterocycles. The van der Waals surface area contributed by atoms with Gasteiger partial charge in [-0.2, -0.15) is 13.2 Å². The van der Waals surface area contributed by atoms with Crippen LogP contribution in [-0.2, 0) is 6.18 Å². The second-order valence-corrected chi connectivity index (χ2v) is 5.59. The van der Waals surface area contributed by atoms with Crippen molar-refractivity contribution in [1.29, 1.82) is 0 Å². The Morgan fingerprint density at radius 1 is 1.22 bits per heavy atom. The first kappa shape index (κ1) is 15.9. The Morgan fingerprint density at radius 2 is 2.04 bits per heavy atom. The number of hydrogen-bond acceptors (Lipinski definition) is 4. The third kappa shape index (κ3) is 3.67. The van der Waals surface area contributed by atoms with Gasteiger partial charge in [-0.1, -0.05) is 11.6 Å². The van der Waals surface area contributed by atoms with Gasteiger partial charge in [0.25, 0.3) is 0 Å². The molecule has 1 unspecified atom stereocenters. The molecular formula is C15H13ClF3N3O. The molecule has 2 aromatic heterocycles. The van der Waals surface area contributed by atoms with E-state index >= 15 is 0 Å². The van der Waals surface area contributed by atoms with Crippen LogP contribution in [0.3, 0.4) is 0 Å². The number of pyridine rings is 2. The lowest BCUT2D eigenvalue weighted by atomic mass is 10.3. The minimum Gasteiger partial charge on any atom is -0.487 e. The van der Waals surface area contributed by atoms with Crippen molar-refractivity contribution in [2.24, 2.45) is 0 Å². The fourth-order valence-electron chi connectivity index (χ4n) is 2.41. The first-order valence-corrected chi connectivity index (χ1v) is 7.35. The summed E-state index contributed by atoms with van der Waals surface area (Å²) in [6, 6.07) is 4.10. The molecule has 8 heteroatoms. The Hall–Kier alpha value is -2.02. The molecule has 122 valence electrons. The van der Waals surface area contributed by atoms with Crippen molar-refractivity contribution < 1.29 is 17.9 Å². The summed E-state index contributed by atoms with van der Waals surface area (Å²) in [6.45, 7) is 1.20. The van der Waals surface area contributed by atoms with Gasteiger partial charge in [0.15, 0.2) is 0 Å². The quantitative estimate of drug-likeness (QED) is 0.849. The Morgan fingerprint density at radius 3 is 2.70 bits per heavy atom. The monoisotopic (exact) mass is 343 g/mol. The van der Waals surface area contributed by atoms with Gasteiger partial charge in [0.05, 0.1) is 12.1 Å². The predicted octanol–water partition coefficient (Wildman–Crippen LogP) is 3.81. The summed E-state index contributed by atoms with van der Waals surface area (Å²) in [6.07, 6.45) is 0.205. The average Bonchev–Trinajstić information content (AvgIpc) is 2.97. The van der Waals surface area contributed by atoms with E-state index in [1.807, 2.05) is 4.90 Å². The number of aromatic nitrogens is 2. The van der Waals surface area contributed by atoms with Crippen LogP contribution < -0.4 is 9.64 Å². The molecule has 0 radical (unpaired) electrons. The molecule has 1 saturated heterocycles. The fraction of sp³-hybridized carbons (Fsp3) is 0.333. The van der Waals surface area contributed by atoms with Gasteiger partial charge in [0, 0.05) is 37.6 Å². The summed E-state index contributed by atoms with van der Waals surface area (Å²) < 4.78 is 43.5. The normalized spacial score (nSPS) is 18.3. The zero-order valence-corrected chi connectivity index (χ0v) is 12.7. The molecule has 3 rings (SSSR count). The van der Waals surface area contributed by atoms with E-state index in [9.17, 15) is 13.2 Å².